The lowest BCUT2D eigenvalue weighted by atomic mass is 9.54. The standard InChI is InChI=1S/C27H31ClN2O/c1-26(2,3)19-7-5-18(6-8-19)17-30-14-11-21-23(28)10-9-22(24(21)30)25(31)29-20-15-27(16-20)12-4-13-27/h5-11,14,20H,4,12-13,15-17H2,1-3H3,(H,29,31). The molecule has 2 aromatic carbocycles. The molecule has 1 spiro atoms. The number of hydrogen-bond acceptors (Lipinski definition) is 1. The van der Waals surface area contributed by atoms with Gasteiger partial charge in [-0.2, -0.15) is 0 Å². The SMILES string of the molecule is CC(C)(C)c1ccc(Cn2ccc3c(Cl)ccc(C(=O)NC4CC5(CCC5)C4)c32)cc1. The number of nitrogens with zero attached hydrogens (tertiary/aromatic N) is 1. The number of halogens is 1. The van der Waals surface area contributed by atoms with Gasteiger partial charge in [0.05, 0.1) is 11.1 Å². The maximum absolute atomic E-state index is 13.2. The highest BCUT2D eigenvalue weighted by atomic mass is 35.5. The fourth-order valence-corrected chi connectivity index (χ4v) is 5.56. The maximum atomic E-state index is 13.2. The van der Waals surface area contributed by atoms with Crippen LogP contribution in [0.3, 0.4) is 0 Å². The highest BCUT2D eigenvalue weighted by molar-refractivity contribution is 6.36. The first-order valence-electron chi connectivity index (χ1n) is 11.4. The molecule has 0 atom stereocenters. The van der Waals surface area contributed by atoms with Crippen LogP contribution >= 0.6 is 11.6 Å². The van der Waals surface area contributed by atoms with Gasteiger partial charge in [0.2, 0.25) is 0 Å². The van der Waals surface area contributed by atoms with E-state index in [-0.39, 0.29) is 11.3 Å². The minimum absolute atomic E-state index is 0.0175. The molecule has 1 N–H and O–H groups in total. The number of carbonyl (C=O) groups excluding carboxylic acids is 1. The van der Waals surface area contributed by atoms with Crippen LogP contribution in [-0.4, -0.2) is 16.5 Å². The molecule has 3 aromatic rings. The first-order valence-corrected chi connectivity index (χ1v) is 11.8. The molecule has 0 radical (unpaired) electrons. The van der Waals surface area contributed by atoms with Crippen molar-refractivity contribution in [3.63, 3.8) is 0 Å². The van der Waals surface area contributed by atoms with E-state index in [1.54, 1.807) is 0 Å². The Morgan fingerprint density at radius 1 is 1.10 bits per heavy atom. The zero-order chi connectivity index (χ0) is 21.8. The number of nitrogens with one attached hydrogen (secondary N) is 1. The van der Waals surface area contributed by atoms with Crippen molar-refractivity contribution in [3.8, 4) is 0 Å². The summed E-state index contributed by atoms with van der Waals surface area (Å²) < 4.78 is 2.15. The van der Waals surface area contributed by atoms with Crippen LogP contribution in [0.4, 0.5) is 0 Å². The molecule has 2 aliphatic carbocycles. The number of amides is 1. The number of fused-ring (bicyclic) bond motifs is 1. The number of benzene rings is 2. The van der Waals surface area contributed by atoms with Crippen molar-refractivity contribution >= 4 is 28.4 Å². The monoisotopic (exact) mass is 434 g/mol. The number of rotatable bonds is 4. The topological polar surface area (TPSA) is 34.0 Å². The maximum Gasteiger partial charge on any atom is 0.253 e. The van der Waals surface area contributed by atoms with Gasteiger partial charge >= 0.3 is 0 Å². The average molecular weight is 435 g/mol. The molecule has 3 nitrogen and oxygen atoms in total. The summed E-state index contributed by atoms with van der Waals surface area (Å²) in [4.78, 5) is 13.2. The van der Waals surface area contributed by atoms with E-state index in [1.807, 2.05) is 24.4 Å². The Balaban J connectivity index is 1.40. The second-order valence-corrected chi connectivity index (χ2v) is 11.1. The fraction of sp³-hybridized carbons (Fsp3) is 0.444. The zero-order valence-corrected chi connectivity index (χ0v) is 19.4. The van der Waals surface area contributed by atoms with E-state index in [2.05, 4.69) is 54.9 Å². The summed E-state index contributed by atoms with van der Waals surface area (Å²) in [6.45, 7) is 7.39. The molecule has 1 aromatic heterocycles. The van der Waals surface area contributed by atoms with Crippen LogP contribution in [0.1, 0.15) is 74.4 Å². The largest absolute Gasteiger partial charge is 0.349 e. The van der Waals surface area contributed by atoms with E-state index >= 15 is 0 Å². The van der Waals surface area contributed by atoms with Crippen molar-refractivity contribution in [1.82, 2.24) is 9.88 Å². The normalized spacial score (nSPS) is 18.1. The molecule has 0 bridgehead atoms. The Morgan fingerprint density at radius 3 is 2.42 bits per heavy atom. The van der Waals surface area contributed by atoms with Crippen molar-refractivity contribution in [2.24, 2.45) is 5.41 Å². The summed E-state index contributed by atoms with van der Waals surface area (Å²) in [7, 11) is 0. The molecular weight excluding hydrogens is 404 g/mol. The second kappa shape index (κ2) is 7.41. The predicted molar refractivity (Wildman–Crippen MR) is 128 cm³/mol. The predicted octanol–water partition coefficient (Wildman–Crippen LogP) is 6.70. The molecule has 1 amide bonds. The van der Waals surface area contributed by atoms with Gasteiger partial charge in [-0.15, -0.1) is 0 Å². The zero-order valence-electron chi connectivity index (χ0n) is 18.7. The molecule has 0 saturated heterocycles. The van der Waals surface area contributed by atoms with Gasteiger partial charge in [0.1, 0.15) is 0 Å². The summed E-state index contributed by atoms with van der Waals surface area (Å²) in [5.41, 5.74) is 4.85. The van der Waals surface area contributed by atoms with Gasteiger partial charge in [0.15, 0.2) is 0 Å². The minimum Gasteiger partial charge on any atom is -0.349 e. The fourth-order valence-electron chi connectivity index (χ4n) is 5.35. The lowest BCUT2D eigenvalue weighted by molar-refractivity contribution is -0.000602. The molecule has 162 valence electrons. The van der Waals surface area contributed by atoms with Crippen molar-refractivity contribution in [3.05, 3.63) is 70.4 Å². The van der Waals surface area contributed by atoms with Crippen LogP contribution in [0, 0.1) is 5.41 Å². The first kappa shape index (κ1) is 20.6. The molecule has 0 unspecified atom stereocenters. The Morgan fingerprint density at radius 2 is 1.81 bits per heavy atom. The summed E-state index contributed by atoms with van der Waals surface area (Å²) in [6, 6.07) is 14.8. The van der Waals surface area contributed by atoms with E-state index in [0.29, 0.717) is 28.6 Å². The Kier molecular flexibility index (Phi) is 4.93. The van der Waals surface area contributed by atoms with Gasteiger partial charge in [0.25, 0.3) is 5.91 Å². The molecule has 2 fully saturated rings. The van der Waals surface area contributed by atoms with Gasteiger partial charge in [-0.25, -0.2) is 0 Å². The van der Waals surface area contributed by atoms with Gasteiger partial charge < -0.3 is 9.88 Å². The van der Waals surface area contributed by atoms with Crippen LogP contribution in [-0.2, 0) is 12.0 Å². The smallest absolute Gasteiger partial charge is 0.253 e. The Bertz CT molecular complexity index is 1120. The van der Waals surface area contributed by atoms with E-state index in [9.17, 15) is 4.79 Å². The third-order valence-corrected chi connectivity index (χ3v) is 7.73. The van der Waals surface area contributed by atoms with Crippen LogP contribution in [0.2, 0.25) is 5.02 Å². The number of carbonyl (C=O) groups is 1. The van der Waals surface area contributed by atoms with Crippen LogP contribution < -0.4 is 5.32 Å². The van der Waals surface area contributed by atoms with Gasteiger partial charge in [0, 0.05) is 29.2 Å². The van der Waals surface area contributed by atoms with Gasteiger partial charge in [-0.1, -0.05) is 63.1 Å². The summed E-state index contributed by atoms with van der Waals surface area (Å²) in [5, 5.41) is 4.90. The van der Waals surface area contributed by atoms with E-state index in [0.717, 1.165) is 23.7 Å². The summed E-state index contributed by atoms with van der Waals surface area (Å²) in [5.74, 6) is 0.0175. The van der Waals surface area contributed by atoms with Crippen molar-refractivity contribution < 1.29 is 4.79 Å². The second-order valence-electron chi connectivity index (χ2n) is 10.7. The molecule has 31 heavy (non-hydrogen) atoms. The number of hydrogen-bond donors (Lipinski definition) is 1. The molecule has 4 heteroatoms. The molecule has 2 aliphatic rings. The molecule has 0 aliphatic heterocycles. The quantitative estimate of drug-likeness (QED) is 0.486. The van der Waals surface area contributed by atoms with E-state index in [4.69, 9.17) is 11.6 Å². The van der Waals surface area contributed by atoms with Crippen LogP contribution in [0.5, 0.6) is 0 Å². The third-order valence-electron chi connectivity index (χ3n) is 7.40. The first-order chi connectivity index (χ1) is 14.7. The average Bonchev–Trinajstić information content (AvgIpc) is 3.07. The molecular formula is C27H31ClN2O. The molecule has 2 saturated carbocycles. The molecule has 5 rings (SSSR count). The van der Waals surface area contributed by atoms with E-state index < -0.39 is 0 Å². The highest BCUT2D eigenvalue weighted by Crippen LogP contribution is 2.55. The van der Waals surface area contributed by atoms with E-state index in [1.165, 1.54) is 30.4 Å². The van der Waals surface area contributed by atoms with Crippen molar-refractivity contribution in [2.75, 3.05) is 0 Å². The summed E-state index contributed by atoms with van der Waals surface area (Å²) >= 11 is 6.48. The van der Waals surface area contributed by atoms with Gasteiger partial charge in [-0.3, -0.25) is 4.79 Å². The van der Waals surface area contributed by atoms with Crippen molar-refractivity contribution in [2.45, 2.75) is 70.9 Å². The lowest BCUT2D eigenvalue weighted by Gasteiger charge is -2.54. The van der Waals surface area contributed by atoms with Crippen LogP contribution in [0.15, 0.2) is 48.7 Å². The summed E-state index contributed by atoms with van der Waals surface area (Å²) in [6.07, 6.45) is 8.33. The third kappa shape index (κ3) is 3.78. The van der Waals surface area contributed by atoms with Crippen LogP contribution in [0.25, 0.3) is 10.9 Å². The van der Waals surface area contributed by atoms with Gasteiger partial charge in [-0.05, 0) is 65.8 Å². The minimum atomic E-state index is 0.0175. The Labute approximate surface area is 189 Å². The molecule has 1 heterocycles. The number of aromatic nitrogens is 1. The Hall–Kier alpha value is -2.26. The van der Waals surface area contributed by atoms with Crippen molar-refractivity contribution in [1.29, 1.82) is 0 Å². The lowest BCUT2D eigenvalue weighted by Crippen LogP contribution is -2.53. The highest BCUT2D eigenvalue weighted by Gasteiger charge is 2.48.